The van der Waals surface area contributed by atoms with Crippen molar-refractivity contribution in [3.05, 3.63) is 71.4 Å². The van der Waals surface area contributed by atoms with Crippen molar-refractivity contribution in [2.24, 2.45) is 0 Å². The summed E-state index contributed by atoms with van der Waals surface area (Å²) in [6.07, 6.45) is 4.48. The van der Waals surface area contributed by atoms with Gasteiger partial charge in [0, 0.05) is 49.0 Å². The molecule has 6 nitrogen and oxygen atoms in total. The van der Waals surface area contributed by atoms with E-state index in [2.05, 4.69) is 11.9 Å². The third kappa shape index (κ3) is 3.77. The predicted octanol–water partition coefficient (Wildman–Crippen LogP) is 4.85. The number of hydrogen-bond donors (Lipinski definition) is 2. The smallest absolute Gasteiger partial charge is 0.295 e. The van der Waals surface area contributed by atoms with Crippen molar-refractivity contribution >= 4 is 34.0 Å². The Morgan fingerprint density at radius 1 is 1.06 bits per heavy atom. The lowest BCUT2D eigenvalue weighted by Crippen LogP contribution is -2.30. The first kappa shape index (κ1) is 21.7. The minimum atomic E-state index is -0.633. The van der Waals surface area contributed by atoms with Crippen LogP contribution in [-0.2, 0) is 9.59 Å². The monoisotopic (exact) mass is 431 g/mol. The van der Waals surface area contributed by atoms with Crippen LogP contribution in [0.4, 0.5) is 5.69 Å². The van der Waals surface area contributed by atoms with Crippen molar-refractivity contribution in [2.75, 3.05) is 25.5 Å². The number of amides is 1. The number of nitrogens with one attached hydrogen (secondary N) is 1. The molecule has 6 heteroatoms. The van der Waals surface area contributed by atoms with E-state index in [0.717, 1.165) is 41.4 Å². The molecule has 1 unspecified atom stereocenters. The second kappa shape index (κ2) is 8.91. The van der Waals surface area contributed by atoms with Gasteiger partial charge in [0.25, 0.3) is 11.7 Å². The van der Waals surface area contributed by atoms with Gasteiger partial charge in [-0.15, -0.1) is 0 Å². The molecule has 1 aromatic heterocycles. The molecule has 2 heterocycles. The number of benzene rings is 2. The maximum Gasteiger partial charge on any atom is 0.295 e. The summed E-state index contributed by atoms with van der Waals surface area (Å²) < 4.78 is 0. The maximum absolute atomic E-state index is 13.2. The molecule has 0 saturated carbocycles. The Morgan fingerprint density at radius 2 is 1.78 bits per heavy atom. The van der Waals surface area contributed by atoms with E-state index in [1.807, 2.05) is 67.5 Å². The van der Waals surface area contributed by atoms with E-state index >= 15 is 0 Å². The summed E-state index contributed by atoms with van der Waals surface area (Å²) in [4.78, 5) is 32.9. The van der Waals surface area contributed by atoms with Gasteiger partial charge in [-0.05, 0) is 30.2 Å². The highest BCUT2D eigenvalue weighted by atomic mass is 16.3. The Balaban J connectivity index is 1.85. The largest absolute Gasteiger partial charge is 0.507 e. The van der Waals surface area contributed by atoms with Crippen molar-refractivity contribution in [3.63, 3.8) is 0 Å². The molecule has 0 spiro atoms. The Labute approximate surface area is 188 Å². The van der Waals surface area contributed by atoms with Gasteiger partial charge in [0.05, 0.1) is 11.6 Å². The molecule has 1 aliphatic heterocycles. The molecular formula is C26H29N3O3. The van der Waals surface area contributed by atoms with Gasteiger partial charge in [-0.25, -0.2) is 0 Å². The molecule has 2 aromatic carbocycles. The van der Waals surface area contributed by atoms with Gasteiger partial charge in [0.2, 0.25) is 0 Å². The van der Waals surface area contributed by atoms with E-state index in [4.69, 9.17) is 0 Å². The number of aliphatic hydroxyl groups is 1. The molecule has 0 radical (unpaired) electrons. The Kier molecular flexibility index (Phi) is 6.04. The fraction of sp³-hybridized carbons (Fsp3) is 0.308. The third-order valence-corrected chi connectivity index (χ3v) is 6.11. The number of aromatic amines is 1. The number of likely N-dealkylation sites (tertiary alicyclic amines) is 1. The summed E-state index contributed by atoms with van der Waals surface area (Å²) in [5.41, 5.74) is 3.37. The first-order valence-electron chi connectivity index (χ1n) is 11.1. The van der Waals surface area contributed by atoms with Crippen LogP contribution in [0.1, 0.15) is 43.4 Å². The number of Topliss-reactive ketones (excluding diaryl/α,β-unsaturated/α-hetero) is 1. The van der Waals surface area contributed by atoms with Gasteiger partial charge in [-0.2, -0.15) is 0 Å². The maximum atomic E-state index is 13.2. The first-order chi connectivity index (χ1) is 15.4. The molecule has 4 rings (SSSR count). The standard InChI is InChI=1S/C26H29N3O3/c1-4-5-8-15-29-23(17-11-13-18(14-12-17)28(2)3)22(25(31)26(29)32)24(30)20-16-27-21-10-7-6-9-19(20)21/h6-7,9-14,16,23,27,30H,4-5,8,15H2,1-3H3/b24-22-. The molecule has 0 aliphatic carbocycles. The number of aromatic nitrogens is 1. The summed E-state index contributed by atoms with van der Waals surface area (Å²) in [7, 11) is 3.92. The number of H-pyrrole nitrogens is 1. The molecule has 1 aliphatic rings. The number of carbonyl (C=O) groups excluding carboxylic acids is 2. The average molecular weight is 432 g/mol. The predicted molar refractivity (Wildman–Crippen MR) is 128 cm³/mol. The lowest BCUT2D eigenvalue weighted by Gasteiger charge is -2.26. The number of anilines is 1. The molecule has 1 fully saturated rings. The van der Waals surface area contributed by atoms with Gasteiger partial charge < -0.3 is 19.9 Å². The van der Waals surface area contributed by atoms with Crippen LogP contribution >= 0.6 is 0 Å². The molecule has 32 heavy (non-hydrogen) atoms. The molecule has 1 atom stereocenters. The zero-order valence-electron chi connectivity index (χ0n) is 18.8. The summed E-state index contributed by atoms with van der Waals surface area (Å²) in [6, 6.07) is 14.8. The highest BCUT2D eigenvalue weighted by Gasteiger charge is 2.45. The van der Waals surface area contributed by atoms with Crippen LogP contribution in [0.5, 0.6) is 0 Å². The van der Waals surface area contributed by atoms with E-state index in [1.165, 1.54) is 0 Å². The molecule has 3 aromatic rings. The molecule has 2 N–H and O–H groups in total. The lowest BCUT2D eigenvalue weighted by atomic mass is 9.95. The van der Waals surface area contributed by atoms with Gasteiger partial charge >= 0.3 is 0 Å². The first-order valence-corrected chi connectivity index (χ1v) is 11.1. The van der Waals surface area contributed by atoms with Crippen LogP contribution in [0, 0.1) is 0 Å². The lowest BCUT2D eigenvalue weighted by molar-refractivity contribution is -0.139. The Bertz CT molecular complexity index is 1170. The summed E-state index contributed by atoms with van der Waals surface area (Å²) in [5, 5.41) is 12.1. The topological polar surface area (TPSA) is 76.6 Å². The van der Waals surface area contributed by atoms with Crippen LogP contribution < -0.4 is 4.90 Å². The van der Waals surface area contributed by atoms with Crippen molar-refractivity contribution in [1.29, 1.82) is 0 Å². The quantitative estimate of drug-likeness (QED) is 0.243. The van der Waals surface area contributed by atoms with Crippen molar-refractivity contribution in [2.45, 2.75) is 32.2 Å². The van der Waals surface area contributed by atoms with Crippen LogP contribution in [0.2, 0.25) is 0 Å². The molecular weight excluding hydrogens is 402 g/mol. The van der Waals surface area contributed by atoms with Gasteiger partial charge in [-0.1, -0.05) is 50.1 Å². The van der Waals surface area contributed by atoms with Gasteiger partial charge in [-0.3, -0.25) is 9.59 Å². The molecule has 166 valence electrons. The zero-order valence-corrected chi connectivity index (χ0v) is 18.8. The van der Waals surface area contributed by atoms with Crippen molar-refractivity contribution in [1.82, 2.24) is 9.88 Å². The van der Waals surface area contributed by atoms with Crippen molar-refractivity contribution < 1.29 is 14.7 Å². The van der Waals surface area contributed by atoms with E-state index in [1.54, 1.807) is 11.1 Å². The number of rotatable bonds is 7. The number of aliphatic hydroxyl groups excluding tert-OH is 1. The zero-order chi connectivity index (χ0) is 22.8. The highest BCUT2D eigenvalue weighted by Crippen LogP contribution is 2.41. The number of hydrogen-bond acceptors (Lipinski definition) is 4. The van der Waals surface area contributed by atoms with Gasteiger partial charge in [0.1, 0.15) is 5.76 Å². The third-order valence-electron chi connectivity index (χ3n) is 6.11. The summed E-state index contributed by atoms with van der Waals surface area (Å²) in [5.74, 6) is -1.32. The highest BCUT2D eigenvalue weighted by molar-refractivity contribution is 6.46. The molecule has 1 amide bonds. The Morgan fingerprint density at radius 3 is 2.47 bits per heavy atom. The van der Waals surface area contributed by atoms with E-state index in [0.29, 0.717) is 12.1 Å². The van der Waals surface area contributed by atoms with E-state index in [9.17, 15) is 14.7 Å². The second-order valence-electron chi connectivity index (χ2n) is 8.43. The number of fused-ring (bicyclic) bond motifs is 1. The van der Waals surface area contributed by atoms with Gasteiger partial charge in [0.15, 0.2) is 0 Å². The summed E-state index contributed by atoms with van der Waals surface area (Å²) >= 11 is 0. The normalized spacial score (nSPS) is 18.0. The summed E-state index contributed by atoms with van der Waals surface area (Å²) in [6.45, 7) is 2.58. The fourth-order valence-electron chi connectivity index (χ4n) is 4.36. The van der Waals surface area contributed by atoms with Crippen LogP contribution in [-0.4, -0.2) is 47.3 Å². The van der Waals surface area contributed by atoms with E-state index in [-0.39, 0.29) is 11.3 Å². The molecule has 0 bridgehead atoms. The number of para-hydroxylation sites is 1. The van der Waals surface area contributed by atoms with E-state index < -0.39 is 17.7 Å². The number of ketones is 1. The Hall–Kier alpha value is -3.54. The number of carbonyl (C=O) groups is 2. The fourth-order valence-corrected chi connectivity index (χ4v) is 4.36. The minimum Gasteiger partial charge on any atom is -0.507 e. The minimum absolute atomic E-state index is 0.138. The SMILES string of the molecule is CCCCCN1C(=O)C(=O)/C(=C(\O)c2c[nH]c3ccccc23)C1c1ccc(N(C)C)cc1. The average Bonchev–Trinajstić information content (AvgIpc) is 3.33. The second-order valence-corrected chi connectivity index (χ2v) is 8.43. The number of nitrogens with zero attached hydrogens (tertiary/aromatic N) is 2. The van der Waals surface area contributed by atoms with Crippen molar-refractivity contribution in [3.8, 4) is 0 Å². The number of unbranched alkanes of at least 4 members (excludes halogenated alkanes) is 2. The van der Waals surface area contributed by atoms with Crippen LogP contribution in [0.15, 0.2) is 60.3 Å². The van der Waals surface area contributed by atoms with Crippen LogP contribution in [0.25, 0.3) is 16.7 Å². The molecule has 1 saturated heterocycles. The van der Waals surface area contributed by atoms with Crippen LogP contribution in [0.3, 0.4) is 0 Å².